The summed E-state index contributed by atoms with van der Waals surface area (Å²) in [4.78, 5) is 0. The van der Waals surface area contributed by atoms with Crippen LogP contribution in [-0.2, 0) is 13.5 Å². The van der Waals surface area contributed by atoms with Gasteiger partial charge in [0.15, 0.2) is 0 Å². The SMILES string of the molecule is Cc1nn(C)c(CC(N)CCC2CCCCC2)c1Cl. The predicted molar refractivity (Wildman–Crippen MR) is 80.4 cm³/mol. The monoisotopic (exact) mass is 283 g/mol. The van der Waals surface area contributed by atoms with E-state index in [1.807, 2.05) is 18.7 Å². The maximum absolute atomic E-state index is 6.27. The maximum Gasteiger partial charge on any atom is 0.0847 e. The molecule has 1 aliphatic carbocycles. The van der Waals surface area contributed by atoms with Crippen molar-refractivity contribution in [3.8, 4) is 0 Å². The van der Waals surface area contributed by atoms with E-state index in [4.69, 9.17) is 17.3 Å². The zero-order chi connectivity index (χ0) is 13.8. The quantitative estimate of drug-likeness (QED) is 0.897. The molecule has 0 aromatic carbocycles. The highest BCUT2D eigenvalue weighted by molar-refractivity contribution is 6.31. The van der Waals surface area contributed by atoms with Gasteiger partial charge in [-0.1, -0.05) is 43.7 Å². The average Bonchev–Trinajstić information content (AvgIpc) is 2.64. The third-order valence-corrected chi connectivity index (χ3v) is 4.88. The third kappa shape index (κ3) is 3.96. The Bertz CT molecular complexity index is 408. The number of aryl methyl sites for hydroxylation is 2. The zero-order valence-electron chi connectivity index (χ0n) is 12.2. The van der Waals surface area contributed by atoms with Crippen LogP contribution in [0.1, 0.15) is 56.3 Å². The molecule has 1 saturated carbocycles. The zero-order valence-corrected chi connectivity index (χ0v) is 12.9. The summed E-state index contributed by atoms with van der Waals surface area (Å²) in [5, 5.41) is 5.13. The first-order valence-electron chi connectivity index (χ1n) is 7.51. The number of hydrogen-bond donors (Lipinski definition) is 1. The first-order chi connectivity index (χ1) is 9.08. The topological polar surface area (TPSA) is 43.8 Å². The highest BCUT2D eigenvalue weighted by atomic mass is 35.5. The summed E-state index contributed by atoms with van der Waals surface area (Å²) in [7, 11) is 1.95. The van der Waals surface area contributed by atoms with Crippen LogP contribution in [0.15, 0.2) is 0 Å². The summed E-state index contributed by atoms with van der Waals surface area (Å²) in [6.07, 6.45) is 10.3. The standard InChI is InChI=1S/C15H26ClN3/c1-11-15(16)14(19(2)18-11)10-13(17)9-8-12-6-4-3-5-7-12/h12-13H,3-10,17H2,1-2H3. The molecule has 0 amide bonds. The lowest BCUT2D eigenvalue weighted by Crippen LogP contribution is -2.25. The number of rotatable bonds is 5. The molecule has 2 N–H and O–H groups in total. The lowest BCUT2D eigenvalue weighted by atomic mass is 9.85. The van der Waals surface area contributed by atoms with E-state index in [1.54, 1.807) is 0 Å². The minimum atomic E-state index is 0.203. The number of nitrogens with two attached hydrogens (primary N) is 1. The predicted octanol–water partition coefficient (Wildman–Crippen LogP) is 3.61. The maximum atomic E-state index is 6.27. The molecular formula is C15H26ClN3. The molecule has 2 rings (SSSR count). The van der Waals surface area contributed by atoms with Crippen molar-refractivity contribution in [2.75, 3.05) is 0 Å². The summed E-state index contributed by atoms with van der Waals surface area (Å²) in [6.45, 7) is 1.94. The molecular weight excluding hydrogens is 258 g/mol. The minimum absolute atomic E-state index is 0.203. The van der Waals surface area contributed by atoms with Crippen molar-refractivity contribution in [3.05, 3.63) is 16.4 Å². The van der Waals surface area contributed by atoms with Crippen LogP contribution in [0, 0.1) is 12.8 Å². The molecule has 0 aliphatic heterocycles. The molecule has 1 atom stereocenters. The Hall–Kier alpha value is -0.540. The second kappa shape index (κ2) is 6.76. The molecule has 1 aromatic rings. The van der Waals surface area contributed by atoms with Gasteiger partial charge in [0.1, 0.15) is 0 Å². The van der Waals surface area contributed by atoms with Gasteiger partial charge in [-0.3, -0.25) is 4.68 Å². The Morgan fingerprint density at radius 3 is 2.63 bits per heavy atom. The molecule has 1 aromatic heterocycles. The molecule has 1 aliphatic rings. The van der Waals surface area contributed by atoms with Crippen LogP contribution in [0.3, 0.4) is 0 Å². The summed E-state index contributed by atoms with van der Waals surface area (Å²) in [5.41, 5.74) is 8.25. The van der Waals surface area contributed by atoms with E-state index >= 15 is 0 Å². The lowest BCUT2D eigenvalue weighted by molar-refractivity contribution is 0.322. The molecule has 19 heavy (non-hydrogen) atoms. The van der Waals surface area contributed by atoms with Gasteiger partial charge >= 0.3 is 0 Å². The van der Waals surface area contributed by atoms with Crippen molar-refractivity contribution in [2.24, 2.45) is 18.7 Å². The first kappa shape index (κ1) is 14.9. The molecule has 0 spiro atoms. The van der Waals surface area contributed by atoms with Gasteiger partial charge in [-0.05, 0) is 25.7 Å². The van der Waals surface area contributed by atoms with E-state index in [9.17, 15) is 0 Å². The van der Waals surface area contributed by atoms with E-state index in [2.05, 4.69) is 5.10 Å². The van der Waals surface area contributed by atoms with E-state index < -0.39 is 0 Å². The highest BCUT2D eigenvalue weighted by Gasteiger charge is 2.17. The minimum Gasteiger partial charge on any atom is -0.327 e. The summed E-state index contributed by atoms with van der Waals surface area (Å²) in [5.74, 6) is 0.906. The molecule has 1 heterocycles. The fourth-order valence-corrected chi connectivity index (χ4v) is 3.42. The van der Waals surface area contributed by atoms with E-state index in [-0.39, 0.29) is 6.04 Å². The fraction of sp³-hybridized carbons (Fsp3) is 0.800. The van der Waals surface area contributed by atoms with Crippen molar-refractivity contribution >= 4 is 11.6 Å². The van der Waals surface area contributed by atoms with Crippen LogP contribution in [0.4, 0.5) is 0 Å². The van der Waals surface area contributed by atoms with E-state index in [0.717, 1.165) is 35.2 Å². The molecule has 1 fully saturated rings. The number of halogens is 1. The normalized spacial score (nSPS) is 18.7. The average molecular weight is 284 g/mol. The molecule has 0 radical (unpaired) electrons. The van der Waals surface area contributed by atoms with Gasteiger partial charge in [0.25, 0.3) is 0 Å². The molecule has 0 bridgehead atoms. The first-order valence-corrected chi connectivity index (χ1v) is 7.89. The van der Waals surface area contributed by atoms with Crippen LogP contribution < -0.4 is 5.73 Å². The smallest absolute Gasteiger partial charge is 0.0847 e. The van der Waals surface area contributed by atoms with Gasteiger partial charge in [0.05, 0.1) is 16.4 Å². The van der Waals surface area contributed by atoms with Crippen LogP contribution in [0.5, 0.6) is 0 Å². The Morgan fingerprint density at radius 1 is 1.37 bits per heavy atom. The number of nitrogens with zero attached hydrogens (tertiary/aromatic N) is 2. The van der Waals surface area contributed by atoms with Crippen LogP contribution >= 0.6 is 11.6 Å². The largest absolute Gasteiger partial charge is 0.327 e. The molecule has 4 heteroatoms. The Kier molecular flexibility index (Phi) is 5.28. The van der Waals surface area contributed by atoms with Gasteiger partial charge in [0, 0.05) is 19.5 Å². The fourth-order valence-electron chi connectivity index (χ4n) is 3.18. The lowest BCUT2D eigenvalue weighted by Gasteiger charge is -2.23. The molecule has 0 saturated heterocycles. The van der Waals surface area contributed by atoms with E-state index in [0.29, 0.717) is 0 Å². The Balaban J connectivity index is 1.81. The van der Waals surface area contributed by atoms with Crippen molar-refractivity contribution in [1.82, 2.24) is 9.78 Å². The van der Waals surface area contributed by atoms with E-state index in [1.165, 1.54) is 38.5 Å². The van der Waals surface area contributed by atoms with Crippen molar-refractivity contribution in [2.45, 2.75) is 64.3 Å². The Labute approximate surface area is 121 Å². The van der Waals surface area contributed by atoms with Crippen LogP contribution in [0.2, 0.25) is 5.02 Å². The van der Waals surface area contributed by atoms with Crippen molar-refractivity contribution < 1.29 is 0 Å². The van der Waals surface area contributed by atoms with Crippen molar-refractivity contribution in [1.29, 1.82) is 0 Å². The summed E-state index contributed by atoms with van der Waals surface area (Å²) >= 11 is 6.27. The summed E-state index contributed by atoms with van der Waals surface area (Å²) in [6, 6.07) is 0.203. The molecule has 3 nitrogen and oxygen atoms in total. The third-order valence-electron chi connectivity index (χ3n) is 4.39. The second-order valence-electron chi connectivity index (χ2n) is 6.02. The highest BCUT2D eigenvalue weighted by Crippen LogP contribution is 2.28. The Morgan fingerprint density at radius 2 is 2.05 bits per heavy atom. The second-order valence-corrected chi connectivity index (χ2v) is 6.39. The molecule has 108 valence electrons. The van der Waals surface area contributed by atoms with Gasteiger partial charge in [0.2, 0.25) is 0 Å². The van der Waals surface area contributed by atoms with Crippen LogP contribution in [-0.4, -0.2) is 15.8 Å². The van der Waals surface area contributed by atoms with Gasteiger partial charge in [-0.2, -0.15) is 5.10 Å². The van der Waals surface area contributed by atoms with Crippen LogP contribution in [0.25, 0.3) is 0 Å². The molecule has 1 unspecified atom stereocenters. The van der Waals surface area contributed by atoms with Gasteiger partial charge in [-0.25, -0.2) is 0 Å². The van der Waals surface area contributed by atoms with Crippen molar-refractivity contribution in [3.63, 3.8) is 0 Å². The summed E-state index contributed by atoms with van der Waals surface area (Å²) < 4.78 is 1.87. The van der Waals surface area contributed by atoms with Gasteiger partial charge in [-0.15, -0.1) is 0 Å². The number of hydrogen-bond acceptors (Lipinski definition) is 2. The number of aromatic nitrogens is 2. The van der Waals surface area contributed by atoms with Gasteiger partial charge < -0.3 is 5.73 Å².